The summed E-state index contributed by atoms with van der Waals surface area (Å²) in [6.07, 6.45) is 2.13. The minimum Gasteiger partial charge on any atom is -0.381 e. The predicted molar refractivity (Wildman–Crippen MR) is 120 cm³/mol. The van der Waals surface area contributed by atoms with Gasteiger partial charge in [0.2, 0.25) is 0 Å². The molecular formula is C22H20Cl3N3O2. The van der Waals surface area contributed by atoms with Crippen LogP contribution in [0.15, 0.2) is 42.5 Å². The van der Waals surface area contributed by atoms with Gasteiger partial charge in [-0.2, -0.15) is 0 Å². The number of H-pyrrole nitrogens is 1. The Bertz CT molecular complexity index is 1040. The van der Waals surface area contributed by atoms with E-state index in [0.29, 0.717) is 46.0 Å². The highest BCUT2D eigenvalue weighted by Crippen LogP contribution is 2.32. The summed E-state index contributed by atoms with van der Waals surface area (Å²) < 4.78 is 5.36. The second-order valence-electron chi connectivity index (χ2n) is 7.20. The molecule has 1 amide bonds. The van der Waals surface area contributed by atoms with Gasteiger partial charge in [0.1, 0.15) is 0 Å². The van der Waals surface area contributed by atoms with Gasteiger partial charge in [-0.3, -0.25) is 4.79 Å². The van der Waals surface area contributed by atoms with Crippen LogP contribution >= 0.6 is 34.8 Å². The monoisotopic (exact) mass is 463 g/mol. The second kappa shape index (κ2) is 9.40. The van der Waals surface area contributed by atoms with Gasteiger partial charge < -0.3 is 15.0 Å². The number of ether oxygens (including phenoxy) is 1. The summed E-state index contributed by atoms with van der Waals surface area (Å²) in [5.74, 6) is 0.0158. The quantitative estimate of drug-likeness (QED) is 0.521. The van der Waals surface area contributed by atoms with Crippen molar-refractivity contribution in [2.45, 2.75) is 25.3 Å². The Morgan fingerprint density at radius 1 is 1.07 bits per heavy atom. The number of benzene rings is 2. The molecule has 0 aliphatic carbocycles. The van der Waals surface area contributed by atoms with Gasteiger partial charge in [-0.05, 0) is 48.7 Å². The SMILES string of the molecule is O=C(NC1CCOCC1)c1nc(-c2ccc(Cl)cc2Cl)c(Cc2ccc(Cl)cc2)[nH]1. The van der Waals surface area contributed by atoms with Crippen LogP contribution in [0.25, 0.3) is 11.3 Å². The maximum atomic E-state index is 12.8. The topological polar surface area (TPSA) is 67.0 Å². The Hall–Kier alpha value is -2.05. The molecule has 1 aromatic heterocycles. The minimum atomic E-state index is -0.240. The molecule has 2 aromatic carbocycles. The molecular weight excluding hydrogens is 445 g/mol. The molecule has 1 fully saturated rings. The number of amides is 1. The second-order valence-corrected chi connectivity index (χ2v) is 8.48. The van der Waals surface area contributed by atoms with Crippen LogP contribution in [0.3, 0.4) is 0 Å². The van der Waals surface area contributed by atoms with Gasteiger partial charge >= 0.3 is 0 Å². The molecule has 0 saturated carbocycles. The normalized spacial score (nSPS) is 14.6. The van der Waals surface area contributed by atoms with Crippen molar-refractivity contribution in [3.8, 4) is 11.3 Å². The number of rotatable bonds is 5. The van der Waals surface area contributed by atoms with Crippen molar-refractivity contribution in [2.24, 2.45) is 0 Å². The van der Waals surface area contributed by atoms with Gasteiger partial charge in [0.15, 0.2) is 5.82 Å². The molecule has 2 N–H and O–H groups in total. The molecule has 1 saturated heterocycles. The zero-order chi connectivity index (χ0) is 21.1. The van der Waals surface area contributed by atoms with Crippen LogP contribution in [-0.4, -0.2) is 35.1 Å². The molecule has 0 bridgehead atoms. The summed E-state index contributed by atoms with van der Waals surface area (Å²) in [5.41, 5.74) is 3.17. The van der Waals surface area contributed by atoms with Crippen LogP contribution in [0.5, 0.6) is 0 Å². The third-order valence-corrected chi connectivity index (χ3v) is 5.83. The third kappa shape index (κ3) is 4.98. The number of nitrogens with zero attached hydrogens (tertiary/aromatic N) is 1. The lowest BCUT2D eigenvalue weighted by atomic mass is 10.0. The Kier molecular flexibility index (Phi) is 6.64. The van der Waals surface area contributed by atoms with Crippen LogP contribution in [-0.2, 0) is 11.2 Å². The van der Waals surface area contributed by atoms with E-state index < -0.39 is 0 Å². The molecule has 156 valence electrons. The van der Waals surface area contributed by atoms with E-state index in [4.69, 9.17) is 39.5 Å². The van der Waals surface area contributed by atoms with Crippen molar-refractivity contribution in [3.63, 3.8) is 0 Å². The van der Waals surface area contributed by atoms with Crippen molar-refractivity contribution in [1.82, 2.24) is 15.3 Å². The number of nitrogens with one attached hydrogen (secondary N) is 2. The molecule has 1 aliphatic heterocycles. The lowest BCUT2D eigenvalue weighted by Gasteiger charge is -2.22. The number of hydrogen-bond acceptors (Lipinski definition) is 3. The lowest BCUT2D eigenvalue weighted by molar-refractivity contribution is 0.0692. The zero-order valence-electron chi connectivity index (χ0n) is 16.1. The highest BCUT2D eigenvalue weighted by atomic mass is 35.5. The number of aromatic amines is 1. The Balaban J connectivity index is 1.67. The average molecular weight is 465 g/mol. The predicted octanol–water partition coefficient (Wildman–Crippen LogP) is 5.54. The summed E-state index contributed by atoms with van der Waals surface area (Å²) in [5, 5.41) is 4.72. The first kappa shape index (κ1) is 21.2. The molecule has 3 aromatic rings. The molecule has 0 atom stereocenters. The van der Waals surface area contributed by atoms with Crippen LogP contribution in [0.1, 0.15) is 34.7 Å². The summed E-state index contributed by atoms with van der Waals surface area (Å²) in [4.78, 5) is 20.6. The Morgan fingerprint density at radius 3 is 2.47 bits per heavy atom. The van der Waals surface area contributed by atoms with Crippen LogP contribution in [0.4, 0.5) is 0 Å². The van der Waals surface area contributed by atoms with Gasteiger partial charge in [-0.25, -0.2) is 4.98 Å². The van der Waals surface area contributed by atoms with E-state index in [2.05, 4.69) is 15.3 Å². The molecule has 0 spiro atoms. The van der Waals surface area contributed by atoms with Crippen LogP contribution in [0.2, 0.25) is 15.1 Å². The van der Waals surface area contributed by atoms with E-state index >= 15 is 0 Å². The van der Waals surface area contributed by atoms with E-state index in [9.17, 15) is 4.79 Å². The number of aromatic nitrogens is 2. The first-order valence-electron chi connectivity index (χ1n) is 9.67. The molecule has 0 unspecified atom stereocenters. The van der Waals surface area contributed by atoms with Crippen molar-refractivity contribution in [2.75, 3.05) is 13.2 Å². The summed E-state index contributed by atoms with van der Waals surface area (Å²) in [6, 6.07) is 12.9. The van der Waals surface area contributed by atoms with Gasteiger partial charge in [-0.1, -0.05) is 46.9 Å². The maximum absolute atomic E-state index is 12.8. The fraction of sp³-hybridized carbons (Fsp3) is 0.273. The van der Waals surface area contributed by atoms with Crippen molar-refractivity contribution in [3.05, 3.63) is 74.6 Å². The molecule has 4 rings (SSSR count). The summed E-state index contributed by atoms with van der Waals surface area (Å²) in [6.45, 7) is 1.30. The number of carbonyl (C=O) groups excluding carboxylic acids is 1. The largest absolute Gasteiger partial charge is 0.381 e. The van der Waals surface area contributed by atoms with Gasteiger partial charge in [0.25, 0.3) is 5.91 Å². The molecule has 1 aliphatic rings. The maximum Gasteiger partial charge on any atom is 0.287 e. The van der Waals surface area contributed by atoms with Gasteiger partial charge in [0, 0.05) is 47.0 Å². The van der Waals surface area contributed by atoms with Crippen molar-refractivity contribution < 1.29 is 9.53 Å². The third-order valence-electron chi connectivity index (χ3n) is 5.03. The summed E-state index contributed by atoms with van der Waals surface area (Å²) >= 11 is 18.5. The number of halogens is 3. The van der Waals surface area contributed by atoms with Crippen molar-refractivity contribution >= 4 is 40.7 Å². The smallest absolute Gasteiger partial charge is 0.287 e. The molecule has 8 heteroatoms. The summed E-state index contributed by atoms with van der Waals surface area (Å²) in [7, 11) is 0. The Labute approximate surface area is 189 Å². The molecule has 30 heavy (non-hydrogen) atoms. The number of carbonyl (C=O) groups is 1. The fourth-order valence-electron chi connectivity index (χ4n) is 3.45. The first-order valence-corrected chi connectivity index (χ1v) is 10.8. The van der Waals surface area contributed by atoms with E-state index in [0.717, 1.165) is 24.1 Å². The number of imidazole rings is 1. The fourth-order valence-corrected chi connectivity index (χ4v) is 4.08. The van der Waals surface area contributed by atoms with Gasteiger partial charge in [-0.15, -0.1) is 0 Å². The zero-order valence-corrected chi connectivity index (χ0v) is 18.3. The van der Waals surface area contributed by atoms with Crippen LogP contribution in [0, 0.1) is 0 Å². The number of hydrogen-bond donors (Lipinski definition) is 2. The van der Waals surface area contributed by atoms with E-state index in [1.165, 1.54) is 0 Å². The highest BCUT2D eigenvalue weighted by molar-refractivity contribution is 6.36. The Morgan fingerprint density at radius 2 is 1.77 bits per heavy atom. The average Bonchev–Trinajstić information content (AvgIpc) is 3.14. The standard InChI is InChI=1S/C22H20Cl3N3O2/c23-14-3-1-13(2-4-14)11-19-20(17-6-5-15(24)12-18(17)25)28-21(27-19)22(29)26-16-7-9-30-10-8-16/h1-6,12,16H,7-11H2,(H,26,29)(H,27,28). The highest BCUT2D eigenvalue weighted by Gasteiger charge is 2.22. The van der Waals surface area contributed by atoms with Crippen molar-refractivity contribution in [1.29, 1.82) is 0 Å². The minimum absolute atomic E-state index is 0.0821. The molecule has 2 heterocycles. The molecule has 0 radical (unpaired) electrons. The van der Waals surface area contributed by atoms with E-state index in [1.54, 1.807) is 12.1 Å². The molecule has 5 nitrogen and oxygen atoms in total. The lowest BCUT2D eigenvalue weighted by Crippen LogP contribution is -2.39. The van der Waals surface area contributed by atoms with Crippen LogP contribution < -0.4 is 5.32 Å². The van der Waals surface area contributed by atoms with E-state index in [-0.39, 0.29) is 17.8 Å². The van der Waals surface area contributed by atoms with E-state index in [1.807, 2.05) is 30.3 Å². The first-order chi connectivity index (χ1) is 14.5. The van der Waals surface area contributed by atoms with Gasteiger partial charge in [0.05, 0.1) is 10.7 Å².